The number of aliphatic imine (C=N–C) groups is 1. The van der Waals surface area contributed by atoms with Crippen molar-refractivity contribution in [3.05, 3.63) is 52.5 Å². The molecule has 0 spiro atoms. The molecule has 11 heteroatoms. The van der Waals surface area contributed by atoms with Crippen molar-refractivity contribution in [3.63, 3.8) is 0 Å². The highest BCUT2D eigenvalue weighted by atomic mass is 16.5. The first kappa shape index (κ1) is 22.8. The van der Waals surface area contributed by atoms with E-state index in [0.29, 0.717) is 57.9 Å². The van der Waals surface area contributed by atoms with Gasteiger partial charge in [-0.1, -0.05) is 0 Å². The van der Waals surface area contributed by atoms with Gasteiger partial charge in [-0.15, -0.1) is 0 Å². The van der Waals surface area contributed by atoms with Crippen molar-refractivity contribution in [2.75, 3.05) is 31.8 Å². The summed E-state index contributed by atoms with van der Waals surface area (Å²) in [4.78, 5) is 36.4. The minimum absolute atomic E-state index is 0.252. The van der Waals surface area contributed by atoms with Crippen molar-refractivity contribution < 1.29 is 9.47 Å². The Bertz CT molecular complexity index is 1400. The van der Waals surface area contributed by atoms with Crippen molar-refractivity contribution in [1.82, 2.24) is 24.9 Å². The summed E-state index contributed by atoms with van der Waals surface area (Å²) in [6.07, 6.45) is 4.80. The number of H-pyrrole nitrogens is 2. The number of aromatic amines is 2. The number of nitrogens with two attached hydrogens (primary N) is 1. The van der Waals surface area contributed by atoms with Crippen LogP contribution < -0.4 is 26.1 Å². The molecule has 0 aliphatic rings. The molecule has 0 saturated carbocycles. The monoisotopic (exact) mass is 462 g/mol. The normalized spacial score (nSPS) is 12.2. The van der Waals surface area contributed by atoms with Gasteiger partial charge in [0, 0.05) is 37.8 Å². The Labute approximate surface area is 195 Å². The second-order valence-electron chi connectivity index (χ2n) is 7.43. The number of pyridine rings is 1. The second-order valence-corrected chi connectivity index (χ2v) is 7.43. The lowest BCUT2D eigenvalue weighted by Crippen LogP contribution is -2.21. The smallest absolute Gasteiger partial charge is 0.261 e. The summed E-state index contributed by atoms with van der Waals surface area (Å²) in [5.74, 6) is 2.00. The number of anilines is 2. The molecule has 0 bridgehead atoms. The summed E-state index contributed by atoms with van der Waals surface area (Å²) in [6.45, 7) is 4.25. The molecule has 0 unspecified atom stereocenters. The highest BCUT2D eigenvalue weighted by Crippen LogP contribution is 2.36. The third-order valence-electron chi connectivity index (χ3n) is 5.18. The molecule has 4 rings (SSSR count). The Morgan fingerprint density at radius 3 is 2.68 bits per heavy atom. The fourth-order valence-corrected chi connectivity index (χ4v) is 3.62. The number of hydrogen-bond acceptors (Lipinski definition) is 9. The van der Waals surface area contributed by atoms with E-state index >= 15 is 0 Å². The number of rotatable bonds is 8. The number of aromatic nitrogens is 5. The summed E-state index contributed by atoms with van der Waals surface area (Å²) in [5.41, 5.74) is 8.72. The molecular formula is C23H26N8O3. The van der Waals surface area contributed by atoms with Crippen LogP contribution in [0.15, 0.2) is 40.4 Å². The molecule has 0 radical (unpaired) electrons. The molecule has 176 valence electrons. The van der Waals surface area contributed by atoms with E-state index in [0.717, 1.165) is 0 Å². The molecule has 3 heterocycles. The number of methoxy groups -OCH3 is 1. The maximum Gasteiger partial charge on any atom is 0.261 e. The predicted molar refractivity (Wildman–Crippen MR) is 132 cm³/mol. The van der Waals surface area contributed by atoms with Crippen LogP contribution in [0.4, 0.5) is 11.4 Å². The SMILES string of the molecule is CCOc1cc2[nH]c(-c3c(N[C@@H](C)c4ncccn4)c(N)c(C=NC)[nH]c3=O)nc2cc1OC. The molecular weight excluding hydrogens is 436 g/mol. The highest BCUT2D eigenvalue weighted by molar-refractivity contribution is 5.95. The molecule has 0 saturated heterocycles. The van der Waals surface area contributed by atoms with Crippen molar-refractivity contribution in [3.8, 4) is 22.9 Å². The molecule has 1 aromatic carbocycles. The number of nitrogen functional groups attached to an aromatic ring is 1. The number of hydrogen-bond donors (Lipinski definition) is 4. The van der Waals surface area contributed by atoms with Crippen molar-refractivity contribution >= 4 is 28.6 Å². The first-order valence-electron chi connectivity index (χ1n) is 10.7. The lowest BCUT2D eigenvalue weighted by atomic mass is 10.1. The summed E-state index contributed by atoms with van der Waals surface area (Å²) in [7, 11) is 3.16. The predicted octanol–water partition coefficient (Wildman–Crippen LogP) is 2.92. The third kappa shape index (κ3) is 4.27. The minimum Gasteiger partial charge on any atom is -0.493 e. The Balaban J connectivity index is 1.89. The number of nitrogens with zero attached hydrogens (tertiary/aromatic N) is 4. The highest BCUT2D eigenvalue weighted by Gasteiger charge is 2.22. The van der Waals surface area contributed by atoms with E-state index in [1.165, 1.54) is 6.21 Å². The molecule has 0 fully saturated rings. The first-order chi connectivity index (χ1) is 16.5. The molecule has 1 atom stereocenters. The fraction of sp³-hybridized carbons (Fsp3) is 0.261. The van der Waals surface area contributed by atoms with Gasteiger partial charge in [0.2, 0.25) is 0 Å². The van der Waals surface area contributed by atoms with Gasteiger partial charge in [-0.25, -0.2) is 15.0 Å². The topological polar surface area (TPSA) is 156 Å². The number of fused-ring (bicyclic) bond motifs is 1. The average Bonchev–Trinajstić information content (AvgIpc) is 3.24. The average molecular weight is 463 g/mol. The maximum absolute atomic E-state index is 13.2. The zero-order chi connectivity index (χ0) is 24.2. The Kier molecular flexibility index (Phi) is 6.44. The van der Waals surface area contributed by atoms with Crippen molar-refractivity contribution in [1.29, 1.82) is 0 Å². The van der Waals surface area contributed by atoms with E-state index in [9.17, 15) is 4.79 Å². The van der Waals surface area contributed by atoms with Crippen LogP contribution in [0.25, 0.3) is 22.4 Å². The van der Waals surface area contributed by atoms with Crippen LogP contribution in [0.2, 0.25) is 0 Å². The van der Waals surface area contributed by atoms with Crippen LogP contribution in [0, 0.1) is 0 Å². The minimum atomic E-state index is -0.385. The van der Waals surface area contributed by atoms with Gasteiger partial charge in [0.15, 0.2) is 11.5 Å². The van der Waals surface area contributed by atoms with Crippen LogP contribution >= 0.6 is 0 Å². The van der Waals surface area contributed by atoms with Crippen LogP contribution in [0.3, 0.4) is 0 Å². The quantitative estimate of drug-likeness (QED) is 0.291. The van der Waals surface area contributed by atoms with E-state index in [2.05, 4.69) is 35.2 Å². The van der Waals surface area contributed by atoms with Gasteiger partial charge in [-0.05, 0) is 19.9 Å². The molecule has 0 aliphatic heterocycles. The number of imidazole rings is 1. The first-order valence-corrected chi connectivity index (χ1v) is 10.7. The molecule has 34 heavy (non-hydrogen) atoms. The molecule has 3 aromatic heterocycles. The van der Waals surface area contributed by atoms with Gasteiger partial charge < -0.3 is 30.5 Å². The summed E-state index contributed by atoms with van der Waals surface area (Å²) < 4.78 is 11.1. The van der Waals surface area contributed by atoms with Crippen molar-refractivity contribution in [2.45, 2.75) is 19.9 Å². The number of benzene rings is 1. The lowest BCUT2D eigenvalue weighted by molar-refractivity contribution is 0.311. The number of ether oxygens (including phenoxy) is 2. The van der Waals surface area contributed by atoms with E-state index in [4.69, 9.17) is 15.2 Å². The van der Waals surface area contributed by atoms with Gasteiger partial charge in [-0.3, -0.25) is 9.79 Å². The zero-order valence-electron chi connectivity index (χ0n) is 19.3. The summed E-state index contributed by atoms with van der Waals surface area (Å²) >= 11 is 0. The van der Waals surface area contributed by atoms with E-state index < -0.39 is 0 Å². The Hall–Kier alpha value is -4.41. The molecule has 0 aliphatic carbocycles. The van der Waals surface area contributed by atoms with Crippen LogP contribution in [-0.2, 0) is 0 Å². The summed E-state index contributed by atoms with van der Waals surface area (Å²) in [5, 5.41) is 3.29. The molecule has 5 N–H and O–H groups in total. The van der Waals surface area contributed by atoms with Crippen molar-refractivity contribution in [2.24, 2.45) is 4.99 Å². The number of nitrogens with one attached hydrogen (secondary N) is 3. The zero-order valence-corrected chi connectivity index (χ0v) is 19.3. The largest absolute Gasteiger partial charge is 0.493 e. The van der Waals surface area contributed by atoms with E-state index in [1.807, 2.05) is 13.8 Å². The van der Waals surface area contributed by atoms with Gasteiger partial charge in [-0.2, -0.15) is 0 Å². The third-order valence-corrected chi connectivity index (χ3v) is 5.18. The lowest BCUT2D eigenvalue weighted by Gasteiger charge is -2.19. The van der Waals surface area contributed by atoms with Crippen LogP contribution in [0.5, 0.6) is 11.5 Å². The molecule has 11 nitrogen and oxygen atoms in total. The Morgan fingerprint density at radius 2 is 2.00 bits per heavy atom. The molecule has 0 amide bonds. The fourth-order valence-electron chi connectivity index (χ4n) is 3.62. The van der Waals surface area contributed by atoms with Gasteiger partial charge in [0.1, 0.15) is 17.2 Å². The summed E-state index contributed by atoms with van der Waals surface area (Å²) in [6, 6.07) is 4.93. The van der Waals surface area contributed by atoms with Crippen LogP contribution in [-0.4, -0.2) is 51.9 Å². The maximum atomic E-state index is 13.2. The van der Waals surface area contributed by atoms with Gasteiger partial charge in [0.05, 0.1) is 47.9 Å². The Morgan fingerprint density at radius 1 is 1.24 bits per heavy atom. The van der Waals surface area contributed by atoms with Gasteiger partial charge in [0.25, 0.3) is 5.56 Å². The van der Waals surface area contributed by atoms with E-state index in [-0.39, 0.29) is 17.2 Å². The molecule has 4 aromatic rings. The standard InChI is InChI=1S/C23H26N8O3/c1-5-34-17-10-14-13(9-16(17)33-4)29-22(30-14)18-20(19(24)15(11-25-3)31-23(18)32)28-12(2)21-26-7-6-8-27-21/h6-12H,5,24H2,1-4H3,(H,29,30)(H2,28,31,32)/t12-/m0/s1. The van der Waals surface area contributed by atoms with E-state index in [1.54, 1.807) is 44.8 Å². The second kappa shape index (κ2) is 9.61. The van der Waals surface area contributed by atoms with Crippen LogP contribution in [0.1, 0.15) is 31.4 Å². The van der Waals surface area contributed by atoms with Gasteiger partial charge >= 0.3 is 0 Å².